The van der Waals surface area contributed by atoms with Crippen LogP contribution in [0.1, 0.15) is 57.8 Å². The van der Waals surface area contributed by atoms with Gasteiger partial charge in [-0.05, 0) is 61.5 Å². The second kappa shape index (κ2) is 15.5. The van der Waals surface area contributed by atoms with Crippen LogP contribution in [0.25, 0.3) is 0 Å². The van der Waals surface area contributed by atoms with Crippen molar-refractivity contribution >= 4 is 34.9 Å². The molecular weight excluding hydrogens is 649 g/mol. The van der Waals surface area contributed by atoms with E-state index in [1.54, 1.807) is 98.9 Å². The Labute approximate surface area is 296 Å². The first-order valence-electron chi connectivity index (χ1n) is 15.9. The van der Waals surface area contributed by atoms with E-state index in [2.05, 4.69) is 17.2 Å². The van der Waals surface area contributed by atoms with Gasteiger partial charge in [-0.3, -0.25) is 9.59 Å². The predicted octanol–water partition coefficient (Wildman–Crippen LogP) is 7.21. The van der Waals surface area contributed by atoms with Gasteiger partial charge >= 0.3 is 6.03 Å². The maximum absolute atomic E-state index is 13.3. The minimum Gasteiger partial charge on any atom is -0.508 e. The fourth-order valence-corrected chi connectivity index (χ4v) is 6.28. The van der Waals surface area contributed by atoms with Gasteiger partial charge in [-0.25, -0.2) is 4.79 Å². The van der Waals surface area contributed by atoms with Gasteiger partial charge in [-0.2, -0.15) is 0 Å². The van der Waals surface area contributed by atoms with Gasteiger partial charge < -0.3 is 30.6 Å². The Bertz CT molecular complexity index is 2010. The Morgan fingerprint density at radius 2 is 1.20 bits per heavy atom. The van der Waals surface area contributed by atoms with Gasteiger partial charge in [0, 0.05) is 47.3 Å². The van der Waals surface area contributed by atoms with E-state index < -0.39 is 12.1 Å². The zero-order valence-corrected chi connectivity index (χ0v) is 28.8. The van der Waals surface area contributed by atoms with Crippen LogP contribution < -0.4 is 10.6 Å². The molecule has 2 aliphatic heterocycles. The topological polar surface area (TPSA) is 122 Å². The molecule has 6 rings (SSSR count). The van der Waals surface area contributed by atoms with E-state index in [0.717, 1.165) is 11.3 Å². The lowest BCUT2D eigenvalue weighted by atomic mass is 9.89. The van der Waals surface area contributed by atoms with Gasteiger partial charge in [0.1, 0.15) is 11.5 Å². The fraction of sp³-hybridized carbons (Fsp3) is 0.150. The van der Waals surface area contributed by atoms with Crippen molar-refractivity contribution in [3.8, 4) is 11.5 Å². The van der Waals surface area contributed by atoms with Crippen LogP contribution in [-0.4, -0.2) is 56.3 Å². The standard InChI is InChI=1S/C21H20N2O2S.C19H18N2O3/c1-3-12-23-14(2)18(20(25)15-8-5-4-6-9-15)19(22-21(23)26)16-10-7-11-17(24)13-16;1-12-16(18(23)13-7-4-3-5-8-13)17(20-19(24)21(12)2)14-9-6-10-15(22)11-14/h3-11,13,19,24H,1,12H2,2H3,(H,22,26);3-11,17,22H,1-2H3,(H,20,24). The number of ketones is 2. The number of Topliss-reactive ketones (excluding diaryl/α,β-unsaturated/α-hetero) is 2. The van der Waals surface area contributed by atoms with Crippen molar-refractivity contribution in [3.63, 3.8) is 0 Å². The molecule has 4 N–H and O–H groups in total. The van der Waals surface area contributed by atoms with Gasteiger partial charge in [0.05, 0.1) is 12.1 Å². The van der Waals surface area contributed by atoms with Crippen molar-refractivity contribution in [2.45, 2.75) is 25.9 Å². The van der Waals surface area contributed by atoms with E-state index in [1.165, 1.54) is 4.90 Å². The molecule has 50 heavy (non-hydrogen) atoms. The molecule has 10 heteroatoms. The van der Waals surface area contributed by atoms with Gasteiger partial charge in [-0.1, -0.05) is 91.0 Å². The molecule has 2 amide bonds. The van der Waals surface area contributed by atoms with Crippen LogP contribution in [0.4, 0.5) is 4.79 Å². The number of thiocarbonyl (C=S) groups is 1. The second-order valence-corrected chi connectivity index (χ2v) is 12.2. The van der Waals surface area contributed by atoms with Crippen LogP contribution in [-0.2, 0) is 0 Å². The first-order chi connectivity index (χ1) is 24.0. The maximum Gasteiger partial charge on any atom is 0.322 e. The highest BCUT2D eigenvalue weighted by Crippen LogP contribution is 2.35. The molecule has 9 nitrogen and oxygen atoms in total. The van der Waals surface area contributed by atoms with E-state index in [0.29, 0.717) is 45.2 Å². The molecule has 2 heterocycles. The molecule has 0 aliphatic carbocycles. The van der Waals surface area contributed by atoms with Crippen LogP contribution in [0.5, 0.6) is 11.5 Å². The minimum atomic E-state index is -0.603. The van der Waals surface area contributed by atoms with Crippen molar-refractivity contribution in [3.05, 3.63) is 167 Å². The molecule has 2 aliphatic rings. The number of hydrogen-bond donors (Lipinski definition) is 4. The van der Waals surface area contributed by atoms with Crippen molar-refractivity contribution in [1.82, 2.24) is 20.4 Å². The number of rotatable bonds is 8. The molecule has 0 saturated heterocycles. The van der Waals surface area contributed by atoms with E-state index in [-0.39, 0.29) is 29.1 Å². The summed E-state index contributed by atoms with van der Waals surface area (Å²) < 4.78 is 0. The summed E-state index contributed by atoms with van der Waals surface area (Å²) in [5.41, 5.74) is 5.10. The third kappa shape index (κ3) is 7.50. The van der Waals surface area contributed by atoms with E-state index >= 15 is 0 Å². The summed E-state index contributed by atoms with van der Waals surface area (Å²) in [6, 6.07) is 30.2. The molecule has 2 atom stereocenters. The molecule has 4 aromatic rings. The zero-order chi connectivity index (χ0) is 35.9. The molecule has 0 radical (unpaired) electrons. The Kier molecular flexibility index (Phi) is 10.9. The number of amides is 2. The number of aromatic hydroxyl groups is 2. The number of allylic oxidation sites excluding steroid dienone is 2. The number of carbonyl (C=O) groups is 3. The second-order valence-electron chi connectivity index (χ2n) is 11.8. The van der Waals surface area contributed by atoms with Gasteiger partial charge in [0.25, 0.3) is 0 Å². The molecule has 4 aromatic carbocycles. The summed E-state index contributed by atoms with van der Waals surface area (Å²) in [4.78, 5) is 41.8. The van der Waals surface area contributed by atoms with Gasteiger partial charge in [0.2, 0.25) is 0 Å². The highest BCUT2D eigenvalue weighted by Gasteiger charge is 2.35. The van der Waals surface area contributed by atoms with E-state index in [4.69, 9.17) is 12.2 Å². The molecule has 2 unspecified atom stereocenters. The SMILES string of the molecule is C=CCN1C(=S)NC(c2cccc(O)c2)C(C(=O)c2ccccc2)=C1C.CC1=C(C(=O)c2ccccc2)C(c2cccc(O)c2)NC(=O)N1C. The van der Waals surface area contributed by atoms with Crippen LogP contribution in [0, 0.1) is 0 Å². The summed E-state index contributed by atoms with van der Waals surface area (Å²) in [6.45, 7) is 7.93. The average Bonchev–Trinajstić information content (AvgIpc) is 3.12. The highest BCUT2D eigenvalue weighted by atomic mass is 32.1. The maximum atomic E-state index is 13.3. The Morgan fingerprint density at radius 3 is 1.66 bits per heavy atom. The third-order valence-electron chi connectivity index (χ3n) is 8.63. The van der Waals surface area contributed by atoms with E-state index in [9.17, 15) is 24.6 Å². The lowest BCUT2D eigenvalue weighted by molar-refractivity contribution is 0.101. The highest BCUT2D eigenvalue weighted by molar-refractivity contribution is 7.80. The normalized spacial score (nSPS) is 17.3. The van der Waals surface area contributed by atoms with Crippen LogP contribution >= 0.6 is 12.2 Å². The molecule has 254 valence electrons. The van der Waals surface area contributed by atoms with E-state index in [1.807, 2.05) is 42.2 Å². The van der Waals surface area contributed by atoms with Crippen LogP contribution in [0.15, 0.2) is 144 Å². The summed E-state index contributed by atoms with van der Waals surface area (Å²) >= 11 is 5.49. The number of urea groups is 1. The van der Waals surface area contributed by atoms with Gasteiger partial charge in [-0.15, -0.1) is 6.58 Å². The minimum absolute atomic E-state index is 0.0690. The van der Waals surface area contributed by atoms with Crippen molar-refractivity contribution in [1.29, 1.82) is 0 Å². The van der Waals surface area contributed by atoms with Crippen LogP contribution in [0.3, 0.4) is 0 Å². The molecule has 0 saturated carbocycles. The smallest absolute Gasteiger partial charge is 0.322 e. The number of phenols is 2. The summed E-state index contributed by atoms with van der Waals surface area (Å²) in [5, 5.41) is 26.2. The van der Waals surface area contributed by atoms with Crippen molar-refractivity contribution in [2.24, 2.45) is 0 Å². The Morgan fingerprint density at radius 1 is 0.740 bits per heavy atom. The zero-order valence-electron chi connectivity index (χ0n) is 28.0. The number of nitrogens with one attached hydrogen (secondary N) is 2. The Balaban J connectivity index is 0.000000195. The summed E-state index contributed by atoms with van der Waals surface area (Å²) in [5.74, 6) is 0.0199. The molecule has 0 aromatic heterocycles. The largest absolute Gasteiger partial charge is 0.508 e. The lowest BCUT2D eigenvalue weighted by Gasteiger charge is -2.37. The number of benzene rings is 4. The number of nitrogens with zero attached hydrogens (tertiary/aromatic N) is 2. The monoisotopic (exact) mass is 686 g/mol. The molecule has 0 fully saturated rings. The quantitative estimate of drug-likeness (QED) is 0.0872. The Hall–Kier alpha value is -6.00. The summed E-state index contributed by atoms with van der Waals surface area (Å²) in [7, 11) is 1.63. The predicted molar refractivity (Wildman–Crippen MR) is 198 cm³/mol. The molecular formula is C40H38N4O5S. The van der Waals surface area contributed by atoms with Crippen molar-refractivity contribution < 1.29 is 24.6 Å². The number of phenolic OH excluding ortho intramolecular Hbond substituents is 2. The fourth-order valence-electron chi connectivity index (χ4n) is 5.95. The average molecular weight is 687 g/mol. The molecule has 0 bridgehead atoms. The first-order valence-corrected chi connectivity index (χ1v) is 16.3. The van der Waals surface area contributed by atoms with Crippen molar-refractivity contribution in [2.75, 3.05) is 13.6 Å². The molecule has 0 spiro atoms. The first kappa shape index (κ1) is 35.3. The third-order valence-corrected chi connectivity index (χ3v) is 8.97. The van der Waals surface area contributed by atoms with Crippen LogP contribution in [0.2, 0.25) is 0 Å². The summed E-state index contributed by atoms with van der Waals surface area (Å²) in [6.07, 6.45) is 1.75. The number of carbonyl (C=O) groups excluding carboxylic acids is 3. The lowest BCUT2D eigenvalue weighted by Crippen LogP contribution is -2.47. The van der Waals surface area contributed by atoms with Gasteiger partial charge in [0.15, 0.2) is 16.7 Å². The number of hydrogen-bond acceptors (Lipinski definition) is 6.